The molecule has 1 rings (SSSR count). The minimum absolute atomic E-state index is 0.109. The van der Waals surface area contributed by atoms with Gasteiger partial charge in [-0.25, -0.2) is 17.9 Å². The smallest absolute Gasteiger partial charge is 0.209 e. The van der Waals surface area contributed by atoms with Crippen molar-refractivity contribution in [2.75, 3.05) is 23.3 Å². The van der Waals surface area contributed by atoms with E-state index in [-0.39, 0.29) is 11.4 Å². The summed E-state index contributed by atoms with van der Waals surface area (Å²) in [6.07, 6.45) is 0.354. The van der Waals surface area contributed by atoms with Gasteiger partial charge in [0, 0.05) is 12.6 Å². The quantitative estimate of drug-likeness (QED) is 0.560. The van der Waals surface area contributed by atoms with Crippen LogP contribution in [0.2, 0.25) is 0 Å². The number of benzene rings is 1. The highest BCUT2D eigenvalue weighted by Gasteiger charge is 2.06. The number of nitrogens with two attached hydrogens (primary N) is 2. The molecule has 0 atom stereocenters. The van der Waals surface area contributed by atoms with Crippen LogP contribution < -0.4 is 16.2 Å². The zero-order chi connectivity index (χ0) is 13.1. The van der Waals surface area contributed by atoms with E-state index < -0.39 is 15.8 Å². The van der Waals surface area contributed by atoms with Gasteiger partial charge in [-0.3, -0.25) is 0 Å². The van der Waals surface area contributed by atoms with Gasteiger partial charge in [-0.2, -0.15) is 0 Å². The first kappa shape index (κ1) is 14.2. The van der Waals surface area contributed by atoms with Gasteiger partial charge in [-0.15, -0.1) is 0 Å². The molecule has 0 radical (unpaired) electrons. The Morgan fingerprint density at radius 1 is 1.41 bits per heavy atom. The molecule has 0 aliphatic heterocycles. The van der Waals surface area contributed by atoms with Crippen molar-refractivity contribution in [3.8, 4) is 0 Å². The first-order valence-corrected chi connectivity index (χ1v) is 7.29. The van der Waals surface area contributed by atoms with Gasteiger partial charge in [-0.1, -0.05) is 0 Å². The molecule has 5 nitrogen and oxygen atoms in total. The van der Waals surface area contributed by atoms with Crippen molar-refractivity contribution < 1.29 is 12.8 Å². The summed E-state index contributed by atoms with van der Waals surface area (Å²) >= 11 is 3.03. The fraction of sp³-hybridized carbons (Fsp3) is 0.333. The molecule has 0 aliphatic rings. The molecule has 0 spiro atoms. The molecular formula is C9H13BrFN3O2S. The Hall–Kier alpha value is -0.860. The van der Waals surface area contributed by atoms with Crippen LogP contribution in [0.4, 0.5) is 15.8 Å². The fourth-order valence-electron chi connectivity index (χ4n) is 1.21. The predicted octanol–water partition coefficient (Wildman–Crippen LogP) is 1.26. The fourth-order valence-corrected chi connectivity index (χ4v) is 2.10. The van der Waals surface area contributed by atoms with Crippen LogP contribution in [0.5, 0.6) is 0 Å². The Bertz CT molecular complexity index is 507. The number of nitrogen functional groups attached to an aromatic ring is 1. The Kier molecular flexibility index (Phi) is 4.72. The maximum Gasteiger partial charge on any atom is 0.209 e. The molecule has 5 N–H and O–H groups in total. The lowest BCUT2D eigenvalue weighted by atomic mass is 10.2. The van der Waals surface area contributed by atoms with Gasteiger partial charge in [0.05, 0.1) is 21.6 Å². The lowest BCUT2D eigenvalue weighted by molar-refractivity contribution is 0.596. The number of halogens is 2. The van der Waals surface area contributed by atoms with Crippen molar-refractivity contribution in [1.29, 1.82) is 0 Å². The van der Waals surface area contributed by atoms with E-state index in [1.54, 1.807) is 0 Å². The maximum absolute atomic E-state index is 13.1. The van der Waals surface area contributed by atoms with E-state index in [2.05, 4.69) is 21.2 Å². The molecule has 0 fully saturated rings. The third kappa shape index (κ3) is 4.88. The summed E-state index contributed by atoms with van der Waals surface area (Å²) in [6.45, 7) is 0.388. The number of sulfonamides is 1. The zero-order valence-electron chi connectivity index (χ0n) is 8.91. The van der Waals surface area contributed by atoms with Crippen molar-refractivity contribution in [2.24, 2.45) is 5.14 Å². The van der Waals surface area contributed by atoms with E-state index in [0.29, 0.717) is 23.1 Å². The molecule has 0 bridgehead atoms. The van der Waals surface area contributed by atoms with Crippen LogP contribution in [0.15, 0.2) is 16.6 Å². The van der Waals surface area contributed by atoms with Gasteiger partial charge < -0.3 is 11.1 Å². The van der Waals surface area contributed by atoms with Crippen LogP contribution in [-0.2, 0) is 10.0 Å². The average molecular weight is 326 g/mol. The number of nitrogens with one attached hydrogen (secondary N) is 1. The normalized spacial score (nSPS) is 11.5. The van der Waals surface area contributed by atoms with Gasteiger partial charge in [0.1, 0.15) is 5.82 Å². The van der Waals surface area contributed by atoms with Crippen molar-refractivity contribution in [2.45, 2.75) is 6.42 Å². The van der Waals surface area contributed by atoms with Gasteiger partial charge in [0.2, 0.25) is 10.0 Å². The van der Waals surface area contributed by atoms with E-state index in [0.717, 1.165) is 0 Å². The van der Waals surface area contributed by atoms with Crippen molar-refractivity contribution in [3.05, 3.63) is 22.4 Å². The highest BCUT2D eigenvalue weighted by atomic mass is 79.9. The van der Waals surface area contributed by atoms with Crippen LogP contribution >= 0.6 is 15.9 Å². The summed E-state index contributed by atoms with van der Waals surface area (Å²) in [5.41, 5.74) is 6.41. The third-order valence-corrected chi connectivity index (χ3v) is 3.48. The molecule has 0 amide bonds. The van der Waals surface area contributed by atoms with Crippen LogP contribution in [0.3, 0.4) is 0 Å². The molecule has 0 aromatic heterocycles. The molecule has 17 heavy (non-hydrogen) atoms. The van der Waals surface area contributed by atoms with E-state index in [4.69, 9.17) is 10.9 Å². The number of anilines is 2. The maximum atomic E-state index is 13.1. The topological polar surface area (TPSA) is 98.2 Å². The Morgan fingerprint density at radius 3 is 2.65 bits per heavy atom. The summed E-state index contributed by atoms with van der Waals surface area (Å²) in [5, 5.41) is 7.76. The van der Waals surface area contributed by atoms with E-state index in [1.807, 2.05) is 0 Å². The van der Waals surface area contributed by atoms with Crippen LogP contribution in [-0.4, -0.2) is 20.7 Å². The van der Waals surface area contributed by atoms with Gasteiger partial charge in [-0.05, 0) is 28.4 Å². The monoisotopic (exact) mass is 325 g/mol. The van der Waals surface area contributed by atoms with Gasteiger partial charge >= 0.3 is 0 Å². The first-order valence-electron chi connectivity index (χ1n) is 4.78. The summed E-state index contributed by atoms with van der Waals surface area (Å²) in [4.78, 5) is 0. The zero-order valence-corrected chi connectivity index (χ0v) is 11.3. The Labute approximate surface area is 108 Å². The van der Waals surface area contributed by atoms with E-state index in [9.17, 15) is 12.8 Å². The lowest BCUT2D eigenvalue weighted by Gasteiger charge is -2.09. The summed E-state index contributed by atoms with van der Waals surface area (Å²) < 4.78 is 34.7. The molecule has 0 saturated carbocycles. The van der Waals surface area contributed by atoms with E-state index in [1.165, 1.54) is 12.1 Å². The number of primary sulfonamides is 1. The standard InChI is InChI=1S/C9H13BrFN3O2S/c10-6-4-9(8(12)5-7(6)11)14-2-1-3-17(13,15)16/h4-5,14H,1-3,12H2,(H2,13,15,16). The molecular weight excluding hydrogens is 313 g/mol. The first-order chi connectivity index (χ1) is 7.79. The van der Waals surface area contributed by atoms with Crippen LogP contribution in [0.1, 0.15) is 6.42 Å². The minimum Gasteiger partial charge on any atom is -0.397 e. The highest BCUT2D eigenvalue weighted by Crippen LogP contribution is 2.26. The number of hydrogen-bond donors (Lipinski definition) is 3. The molecule has 0 saturated heterocycles. The molecule has 0 aliphatic carbocycles. The van der Waals surface area contributed by atoms with Crippen molar-refractivity contribution >= 4 is 37.3 Å². The summed E-state index contributed by atoms with van der Waals surface area (Å²) in [5.74, 6) is -0.556. The summed E-state index contributed by atoms with van der Waals surface area (Å²) in [6, 6.07) is 2.69. The van der Waals surface area contributed by atoms with Crippen molar-refractivity contribution in [3.63, 3.8) is 0 Å². The molecule has 0 unspecified atom stereocenters. The van der Waals surface area contributed by atoms with Gasteiger partial charge in [0.15, 0.2) is 0 Å². The molecule has 1 aromatic rings. The average Bonchev–Trinajstić information content (AvgIpc) is 2.18. The SMILES string of the molecule is Nc1cc(F)c(Br)cc1NCCCS(N)(=O)=O. The largest absolute Gasteiger partial charge is 0.397 e. The summed E-state index contributed by atoms with van der Waals surface area (Å²) in [7, 11) is -3.44. The molecule has 96 valence electrons. The van der Waals surface area contributed by atoms with Gasteiger partial charge in [0.25, 0.3) is 0 Å². The molecule has 1 aromatic carbocycles. The number of rotatable bonds is 5. The van der Waals surface area contributed by atoms with Crippen molar-refractivity contribution in [1.82, 2.24) is 0 Å². The highest BCUT2D eigenvalue weighted by molar-refractivity contribution is 9.10. The predicted molar refractivity (Wildman–Crippen MR) is 69.6 cm³/mol. The molecule has 0 heterocycles. The van der Waals surface area contributed by atoms with Crippen LogP contribution in [0, 0.1) is 5.82 Å². The Morgan fingerprint density at radius 2 is 2.06 bits per heavy atom. The Balaban J connectivity index is 2.55. The third-order valence-electron chi connectivity index (χ3n) is 2.01. The lowest BCUT2D eigenvalue weighted by Crippen LogP contribution is -2.18. The van der Waals surface area contributed by atoms with E-state index >= 15 is 0 Å². The second-order valence-electron chi connectivity index (χ2n) is 3.50. The second-order valence-corrected chi connectivity index (χ2v) is 6.09. The number of hydrogen-bond acceptors (Lipinski definition) is 4. The van der Waals surface area contributed by atoms with Crippen LogP contribution in [0.25, 0.3) is 0 Å². The minimum atomic E-state index is -3.44. The second kappa shape index (κ2) is 5.65. The molecule has 8 heteroatoms.